The quantitative estimate of drug-likeness (QED) is 0.401. The lowest BCUT2D eigenvalue weighted by molar-refractivity contribution is 0.734. The number of rotatable bonds is 5. The number of para-hydroxylation sites is 1. The van der Waals surface area contributed by atoms with E-state index >= 15 is 0 Å². The molecule has 120 valence electrons. The minimum Gasteiger partial charge on any atom is -0.358 e. The summed E-state index contributed by atoms with van der Waals surface area (Å²) in [5, 5.41) is 8.13. The molecule has 0 amide bonds. The fourth-order valence-corrected chi connectivity index (χ4v) is 2.75. The van der Waals surface area contributed by atoms with Crippen LogP contribution in [0.3, 0.4) is 0 Å². The molecule has 4 nitrogen and oxygen atoms in total. The van der Waals surface area contributed by atoms with Crippen molar-refractivity contribution in [2.45, 2.75) is 26.2 Å². The summed E-state index contributed by atoms with van der Waals surface area (Å²) in [7, 11) is 1.83. The van der Waals surface area contributed by atoms with E-state index in [1.54, 1.807) is 0 Å². The third-order valence-corrected chi connectivity index (χ3v) is 4.17. The van der Waals surface area contributed by atoms with Crippen molar-refractivity contribution in [2.75, 3.05) is 20.1 Å². The van der Waals surface area contributed by atoms with E-state index < -0.39 is 0 Å². The van der Waals surface area contributed by atoms with Crippen molar-refractivity contribution in [1.82, 2.24) is 15.6 Å². The Morgan fingerprint density at radius 1 is 1.27 bits per heavy atom. The van der Waals surface area contributed by atoms with Crippen LogP contribution in [-0.4, -0.2) is 31.1 Å². The molecular formula is C17H25IN4. The lowest BCUT2D eigenvalue weighted by Gasteiger charge is -2.11. The van der Waals surface area contributed by atoms with E-state index in [4.69, 9.17) is 0 Å². The van der Waals surface area contributed by atoms with Crippen molar-refractivity contribution in [1.29, 1.82) is 0 Å². The molecule has 1 aromatic heterocycles. The lowest BCUT2D eigenvalue weighted by Crippen LogP contribution is -2.39. The molecule has 1 saturated carbocycles. The summed E-state index contributed by atoms with van der Waals surface area (Å²) in [5.41, 5.74) is 3.89. The SMILES string of the molecule is CN=C(NCCc1c(C)[nH]c2ccccc12)NCC1CC1.I. The highest BCUT2D eigenvalue weighted by Gasteiger charge is 2.21. The summed E-state index contributed by atoms with van der Waals surface area (Å²) in [6.45, 7) is 4.09. The highest BCUT2D eigenvalue weighted by Crippen LogP contribution is 2.27. The molecule has 1 aromatic carbocycles. The number of aromatic nitrogens is 1. The van der Waals surface area contributed by atoms with Crippen molar-refractivity contribution in [3.8, 4) is 0 Å². The largest absolute Gasteiger partial charge is 0.358 e. The van der Waals surface area contributed by atoms with Gasteiger partial charge in [0.25, 0.3) is 0 Å². The minimum absolute atomic E-state index is 0. The zero-order valence-corrected chi connectivity index (χ0v) is 15.6. The Bertz CT molecular complexity index is 643. The number of hydrogen-bond acceptors (Lipinski definition) is 1. The van der Waals surface area contributed by atoms with Gasteiger partial charge in [0.05, 0.1) is 0 Å². The van der Waals surface area contributed by atoms with Crippen LogP contribution in [0.4, 0.5) is 0 Å². The number of halogens is 1. The van der Waals surface area contributed by atoms with Gasteiger partial charge >= 0.3 is 0 Å². The van der Waals surface area contributed by atoms with Crippen LogP contribution in [0.1, 0.15) is 24.1 Å². The Labute approximate surface area is 149 Å². The molecule has 3 rings (SSSR count). The predicted octanol–water partition coefficient (Wildman–Crippen LogP) is 3.21. The standard InChI is InChI=1S/C17H24N4.HI/c1-12-14(15-5-3-4-6-16(15)21-12)9-10-19-17(18-2)20-11-13-7-8-13;/h3-6,13,21H,7-11H2,1-2H3,(H2,18,19,20);1H. The molecule has 2 aromatic rings. The molecule has 0 atom stereocenters. The molecule has 0 spiro atoms. The average Bonchev–Trinajstić information content (AvgIpc) is 3.26. The number of guanidine groups is 1. The number of nitrogens with one attached hydrogen (secondary N) is 3. The first-order valence-electron chi connectivity index (χ1n) is 7.78. The van der Waals surface area contributed by atoms with Gasteiger partial charge in [0.2, 0.25) is 0 Å². The molecule has 0 bridgehead atoms. The minimum atomic E-state index is 0. The molecule has 0 saturated heterocycles. The number of aryl methyl sites for hydroxylation is 1. The molecule has 0 radical (unpaired) electrons. The first kappa shape index (κ1) is 17.1. The fraction of sp³-hybridized carbons (Fsp3) is 0.471. The van der Waals surface area contributed by atoms with Gasteiger partial charge in [0.15, 0.2) is 5.96 Å². The zero-order valence-electron chi connectivity index (χ0n) is 13.3. The van der Waals surface area contributed by atoms with Gasteiger partial charge in [-0.25, -0.2) is 0 Å². The Balaban J connectivity index is 0.00000176. The summed E-state index contributed by atoms with van der Waals surface area (Å²) in [6.07, 6.45) is 3.72. The summed E-state index contributed by atoms with van der Waals surface area (Å²) >= 11 is 0. The number of benzene rings is 1. The number of aliphatic imine (C=N–C) groups is 1. The van der Waals surface area contributed by atoms with Crippen molar-refractivity contribution in [3.63, 3.8) is 0 Å². The first-order valence-corrected chi connectivity index (χ1v) is 7.78. The molecule has 1 fully saturated rings. The van der Waals surface area contributed by atoms with Crippen LogP contribution in [0.25, 0.3) is 10.9 Å². The Morgan fingerprint density at radius 2 is 2.05 bits per heavy atom. The van der Waals surface area contributed by atoms with Gasteiger partial charge in [-0.15, -0.1) is 24.0 Å². The molecular weight excluding hydrogens is 387 g/mol. The summed E-state index contributed by atoms with van der Waals surface area (Å²) < 4.78 is 0. The van der Waals surface area contributed by atoms with Gasteiger partial charge in [-0.05, 0) is 43.7 Å². The maximum Gasteiger partial charge on any atom is 0.190 e. The molecule has 1 heterocycles. The van der Waals surface area contributed by atoms with Crippen molar-refractivity contribution in [3.05, 3.63) is 35.5 Å². The van der Waals surface area contributed by atoms with Gasteiger partial charge in [-0.2, -0.15) is 0 Å². The van der Waals surface area contributed by atoms with Gasteiger partial charge in [0.1, 0.15) is 0 Å². The Kier molecular flexibility index (Phi) is 6.11. The number of H-pyrrole nitrogens is 1. The highest BCUT2D eigenvalue weighted by atomic mass is 127. The van der Waals surface area contributed by atoms with Crippen molar-refractivity contribution < 1.29 is 0 Å². The van der Waals surface area contributed by atoms with E-state index in [9.17, 15) is 0 Å². The monoisotopic (exact) mass is 412 g/mol. The Morgan fingerprint density at radius 3 is 2.77 bits per heavy atom. The van der Waals surface area contributed by atoms with E-state index in [0.717, 1.165) is 31.4 Å². The zero-order chi connectivity index (χ0) is 14.7. The molecule has 22 heavy (non-hydrogen) atoms. The van der Waals surface area contributed by atoms with Crippen molar-refractivity contribution in [2.24, 2.45) is 10.9 Å². The van der Waals surface area contributed by atoms with Crippen molar-refractivity contribution >= 4 is 40.8 Å². The number of aromatic amines is 1. The number of hydrogen-bond donors (Lipinski definition) is 3. The second-order valence-electron chi connectivity index (χ2n) is 5.85. The maximum atomic E-state index is 4.28. The summed E-state index contributed by atoms with van der Waals surface area (Å²) in [6, 6.07) is 8.50. The third kappa shape index (κ3) is 4.15. The smallest absolute Gasteiger partial charge is 0.190 e. The molecule has 1 aliphatic rings. The lowest BCUT2D eigenvalue weighted by atomic mass is 10.1. The van der Waals surface area contributed by atoms with Crippen LogP contribution in [0.15, 0.2) is 29.3 Å². The summed E-state index contributed by atoms with van der Waals surface area (Å²) in [4.78, 5) is 7.73. The normalized spacial score (nSPS) is 14.7. The summed E-state index contributed by atoms with van der Waals surface area (Å²) in [5.74, 6) is 1.78. The Hall–Kier alpha value is -1.24. The van der Waals surface area contributed by atoms with Crippen LogP contribution >= 0.6 is 24.0 Å². The molecule has 0 aliphatic heterocycles. The van der Waals surface area contributed by atoms with E-state index in [1.807, 2.05) is 7.05 Å². The van der Waals surface area contributed by atoms with E-state index in [2.05, 4.69) is 51.8 Å². The topological polar surface area (TPSA) is 52.2 Å². The van der Waals surface area contributed by atoms with Gasteiger partial charge in [-0.1, -0.05) is 18.2 Å². The number of fused-ring (bicyclic) bond motifs is 1. The average molecular weight is 412 g/mol. The number of nitrogens with zero attached hydrogens (tertiary/aromatic N) is 1. The van der Waals surface area contributed by atoms with E-state index in [0.29, 0.717) is 0 Å². The van der Waals surface area contributed by atoms with Crippen LogP contribution in [-0.2, 0) is 6.42 Å². The van der Waals surface area contributed by atoms with Gasteiger partial charge in [0, 0.05) is 36.7 Å². The third-order valence-electron chi connectivity index (χ3n) is 4.17. The van der Waals surface area contributed by atoms with E-state index in [1.165, 1.54) is 35.0 Å². The first-order chi connectivity index (χ1) is 10.3. The molecule has 0 unspecified atom stereocenters. The van der Waals surface area contributed by atoms with Crippen LogP contribution < -0.4 is 10.6 Å². The van der Waals surface area contributed by atoms with Crippen LogP contribution in [0.2, 0.25) is 0 Å². The molecule has 3 N–H and O–H groups in total. The highest BCUT2D eigenvalue weighted by molar-refractivity contribution is 14.0. The van der Waals surface area contributed by atoms with Crippen LogP contribution in [0.5, 0.6) is 0 Å². The molecule has 1 aliphatic carbocycles. The van der Waals surface area contributed by atoms with Crippen LogP contribution in [0, 0.1) is 12.8 Å². The maximum absolute atomic E-state index is 4.28. The van der Waals surface area contributed by atoms with E-state index in [-0.39, 0.29) is 24.0 Å². The second-order valence-corrected chi connectivity index (χ2v) is 5.85. The van der Waals surface area contributed by atoms with Gasteiger partial charge < -0.3 is 15.6 Å². The second kappa shape index (κ2) is 7.85. The van der Waals surface area contributed by atoms with Gasteiger partial charge in [-0.3, -0.25) is 4.99 Å². The fourth-order valence-electron chi connectivity index (χ4n) is 2.75. The molecule has 5 heteroatoms. The predicted molar refractivity (Wildman–Crippen MR) is 104 cm³/mol.